The summed E-state index contributed by atoms with van der Waals surface area (Å²) in [5, 5.41) is 0. The van der Waals surface area contributed by atoms with Crippen molar-refractivity contribution in [3.8, 4) is 0 Å². The second-order valence-corrected chi connectivity index (χ2v) is 4.77. The molecule has 1 unspecified atom stereocenters. The molecule has 3 heteroatoms. The molecular weight excluding hydrogens is 172 g/mol. The van der Waals surface area contributed by atoms with Gasteiger partial charge in [-0.25, -0.2) is 8.78 Å². The average molecular weight is 191 g/mol. The van der Waals surface area contributed by atoms with Gasteiger partial charge in [-0.15, -0.1) is 0 Å². The number of alkyl halides is 2. The fourth-order valence-corrected chi connectivity index (χ4v) is 1.40. The van der Waals surface area contributed by atoms with E-state index in [4.69, 9.17) is 0 Å². The molecule has 1 atom stereocenters. The first-order valence-electron chi connectivity index (χ1n) is 4.86. The molecule has 0 radical (unpaired) electrons. The van der Waals surface area contributed by atoms with Crippen molar-refractivity contribution in [1.82, 2.24) is 4.90 Å². The summed E-state index contributed by atoms with van der Waals surface area (Å²) in [5.41, 5.74) is -0.712. The minimum absolute atomic E-state index is 0.0753. The van der Waals surface area contributed by atoms with Gasteiger partial charge in [-0.1, -0.05) is 6.92 Å². The van der Waals surface area contributed by atoms with Crippen molar-refractivity contribution in [3.63, 3.8) is 0 Å². The fraction of sp³-hybridized carbons (Fsp3) is 1.00. The molecule has 0 aromatic heterocycles. The van der Waals surface area contributed by atoms with Crippen LogP contribution in [0.1, 0.15) is 33.6 Å². The van der Waals surface area contributed by atoms with E-state index in [0.717, 1.165) is 6.54 Å². The number of rotatable bonds is 4. The van der Waals surface area contributed by atoms with Crippen LogP contribution in [0.2, 0.25) is 0 Å². The third-order valence-electron chi connectivity index (χ3n) is 3.27. The minimum Gasteiger partial charge on any atom is -0.304 e. The second-order valence-electron chi connectivity index (χ2n) is 4.77. The number of hydrogen-bond acceptors (Lipinski definition) is 1. The lowest BCUT2D eigenvalue weighted by Crippen LogP contribution is -2.29. The van der Waals surface area contributed by atoms with Gasteiger partial charge in [-0.2, -0.15) is 0 Å². The van der Waals surface area contributed by atoms with E-state index in [9.17, 15) is 8.78 Å². The highest BCUT2D eigenvalue weighted by molar-refractivity contribution is 5.06. The van der Waals surface area contributed by atoms with Gasteiger partial charge >= 0.3 is 0 Å². The SMILES string of the molecule is CC(C)N(C)CCC1(C)CC1(F)F. The predicted molar refractivity (Wildman–Crippen MR) is 50.1 cm³/mol. The molecule has 0 aliphatic heterocycles. The molecule has 1 fully saturated rings. The molecule has 1 saturated carbocycles. The lowest BCUT2D eigenvalue weighted by atomic mass is 10.0. The van der Waals surface area contributed by atoms with E-state index < -0.39 is 11.3 Å². The van der Waals surface area contributed by atoms with Gasteiger partial charge in [0.15, 0.2) is 0 Å². The number of halogens is 2. The highest BCUT2D eigenvalue weighted by Crippen LogP contribution is 2.62. The lowest BCUT2D eigenvalue weighted by molar-refractivity contribution is 0.0621. The molecule has 0 saturated heterocycles. The highest BCUT2D eigenvalue weighted by atomic mass is 19.3. The van der Waals surface area contributed by atoms with Crippen LogP contribution in [0.3, 0.4) is 0 Å². The van der Waals surface area contributed by atoms with Crippen molar-refractivity contribution < 1.29 is 8.78 Å². The first-order chi connectivity index (χ1) is 5.78. The maximum absolute atomic E-state index is 12.8. The van der Waals surface area contributed by atoms with Gasteiger partial charge in [0.1, 0.15) is 0 Å². The van der Waals surface area contributed by atoms with E-state index in [-0.39, 0.29) is 6.42 Å². The third kappa shape index (κ3) is 2.19. The Balaban J connectivity index is 2.29. The average Bonchev–Trinajstić information content (AvgIpc) is 2.47. The van der Waals surface area contributed by atoms with Crippen LogP contribution in [0.15, 0.2) is 0 Å². The molecule has 13 heavy (non-hydrogen) atoms. The molecule has 0 aromatic rings. The molecule has 0 spiro atoms. The molecular formula is C10H19F2N. The van der Waals surface area contributed by atoms with Crippen LogP contribution < -0.4 is 0 Å². The van der Waals surface area contributed by atoms with Gasteiger partial charge in [0.2, 0.25) is 0 Å². The maximum Gasteiger partial charge on any atom is 0.254 e. The Kier molecular flexibility index (Phi) is 2.68. The Hall–Kier alpha value is -0.180. The third-order valence-corrected chi connectivity index (χ3v) is 3.27. The van der Waals surface area contributed by atoms with Crippen LogP contribution in [0, 0.1) is 5.41 Å². The fourth-order valence-electron chi connectivity index (χ4n) is 1.40. The maximum atomic E-state index is 12.8. The summed E-state index contributed by atoms with van der Waals surface area (Å²) in [4.78, 5) is 2.11. The Morgan fingerprint density at radius 2 is 1.85 bits per heavy atom. The van der Waals surface area contributed by atoms with E-state index in [0.29, 0.717) is 12.5 Å². The summed E-state index contributed by atoms with van der Waals surface area (Å²) in [6, 6.07) is 0.441. The van der Waals surface area contributed by atoms with Crippen LogP contribution in [0.5, 0.6) is 0 Å². The van der Waals surface area contributed by atoms with E-state index in [2.05, 4.69) is 18.7 Å². The van der Waals surface area contributed by atoms with Crippen molar-refractivity contribution in [2.45, 2.75) is 45.6 Å². The molecule has 0 N–H and O–H groups in total. The lowest BCUT2D eigenvalue weighted by Gasteiger charge is -2.22. The molecule has 78 valence electrons. The van der Waals surface area contributed by atoms with E-state index in [1.165, 1.54) is 0 Å². The van der Waals surface area contributed by atoms with Gasteiger partial charge in [0.05, 0.1) is 0 Å². The molecule has 1 rings (SSSR count). The van der Waals surface area contributed by atoms with Crippen LogP contribution in [-0.2, 0) is 0 Å². The molecule has 0 heterocycles. The largest absolute Gasteiger partial charge is 0.304 e. The zero-order chi connectivity index (χ0) is 10.3. The van der Waals surface area contributed by atoms with Crippen molar-refractivity contribution in [2.75, 3.05) is 13.6 Å². The summed E-state index contributed by atoms with van der Waals surface area (Å²) in [7, 11) is 1.98. The zero-order valence-electron chi connectivity index (χ0n) is 8.90. The zero-order valence-corrected chi connectivity index (χ0v) is 8.90. The normalized spacial score (nSPS) is 31.4. The van der Waals surface area contributed by atoms with Gasteiger partial charge < -0.3 is 4.90 Å². The predicted octanol–water partition coefficient (Wildman–Crippen LogP) is 2.76. The summed E-state index contributed by atoms with van der Waals surface area (Å²) < 4.78 is 25.6. The van der Waals surface area contributed by atoms with Gasteiger partial charge in [0.25, 0.3) is 5.92 Å². The minimum atomic E-state index is -2.40. The smallest absolute Gasteiger partial charge is 0.254 e. The van der Waals surface area contributed by atoms with E-state index in [1.807, 2.05) is 7.05 Å². The van der Waals surface area contributed by atoms with Gasteiger partial charge in [-0.3, -0.25) is 0 Å². The van der Waals surface area contributed by atoms with Crippen LogP contribution in [-0.4, -0.2) is 30.5 Å². The number of nitrogens with zero attached hydrogens (tertiary/aromatic N) is 1. The summed E-state index contributed by atoms with van der Waals surface area (Å²) in [6.45, 7) is 6.60. The summed E-state index contributed by atoms with van der Waals surface area (Å²) >= 11 is 0. The highest BCUT2D eigenvalue weighted by Gasteiger charge is 2.66. The summed E-state index contributed by atoms with van der Waals surface area (Å²) in [5.74, 6) is -2.40. The molecule has 1 aliphatic rings. The molecule has 0 amide bonds. The quantitative estimate of drug-likeness (QED) is 0.660. The van der Waals surface area contributed by atoms with Crippen LogP contribution in [0.4, 0.5) is 8.78 Å². The van der Waals surface area contributed by atoms with E-state index >= 15 is 0 Å². The Morgan fingerprint density at radius 3 is 2.15 bits per heavy atom. The Bertz CT molecular complexity index is 191. The topological polar surface area (TPSA) is 3.24 Å². The molecule has 1 aliphatic carbocycles. The summed E-state index contributed by atoms with van der Waals surface area (Å²) in [6.07, 6.45) is 0.681. The van der Waals surface area contributed by atoms with Crippen LogP contribution >= 0.6 is 0 Å². The number of hydrogen-bond donors (Lipinski definition) is 0. The van der Waals surface area contributed by atoms with E-state index in [1.54, 1.807) is 6.92 Å². The van der Waals surface area contributed by atoms with Crippen molar-refractivity contribution in [3.05, 3.63) is 0 Å². The standard InChI is InChI=1S/C10H19F2N/c1-8(2)13(4)6-5-9(3)7-10(9,11)12/h8H,5-7H2,1-4H3. The monoisotopic (exact) mass is 191 g/mol. The molecule has 1 nitrogen and oxygen atoms in total. The Morgan fingerprint density at radius 1 is 1.38 bits per heavy atom. The van der Waals surface area contributed by atoms with Crippen LogP contribution in [0.25, 0.3) is 0 Å². The Labute approximate surface area is 79.1 Å². The van der Waals surface area contributed by atoms with Crippen molar-refractivity contribution in [2.24, 2.45) is 5.41 Å². The second kappa shape index (κ2) is 3.19. The van der Waals surface area contributed by atoms with Gasteiger partial charge in [0, 0.05) is 17.9 Å². The van der Waals surface area contributed by atoms with Gasteiger partial charge in [-0.05, 0) is 33.9 Å². The van der Waals surface area contributed by atoms with Crippen molar-refractivity contribution >= 4 is 0 Å². The first kappa shape index (κ1) is 10.9. The van der Waals surface area contributed by atoms with Crippen molar-refractivity contribution in [1.29, 1.82) is 0 Å². The molecule has 0 bridgehead atoms. The first-order valence-corrected chi connectivity index (χ1v) is 4.86. The molecule has 0 aromatic carbocycles.